The van der Waals surface area contributed by atoms with Gasteiger partial charge in [0.2, 0.25) is 0 Å². The van der Waals surface area contributed by atoms with Gasteiger partial charge in [-0.2, -0.15) is 0 Å². The molecule has 0 spiro atoms. The number of anilines is 2. The van der Waals surface area contributed by atoms with E-state index in [1.807, 2.05) is 24.3 Å². The van der Waals surface area contributed by atoms with Gasteiger partial charge in [0.15, 0.2) is 6.29 Å². The van der Waals surface area contributed by atoms with Crippen LogP contribution < -0.4 is 10.2 Å². The molecule has 0 aromatic heterocycles. The molecule has 0 fully saturated rings. The van der Waals surface area contributed by atoms with Crippen LogP contribution in [-0.2, 0) is 9.59 Å². The highest BCUT2D eigenvalue weighted by Crippen LogP contribution is 2.18. The van der Waals surface area contributed by atoms with Crippen LogP contribution in [0.25, 0.3) is 0 Å². The lowest BCUT2D eigenvalue weighted by Gasteiger charge is -2.21. The summed E-state index contributed by atoms with van der Waals surface area (Å²) in [7, 11) is 0. The SMILES string of the molecule is CCN(CC)c1ccc(NC(C=O)=CC=O)cc1. The number of benzene rings is 1. The van der Waals surface area contributed by atoms with Crippen molar-refractivity contribution >= 4 is 23.9 Å². The molecule has 0 aliphatic rings. The third kappa shape index (κ3) is 3.73. The number of rotatable bonds is 7. The van der Waals surface area contributed by atoms with Gasteiger partial charge in [-0.3, -0.25) is 9.59 Å². The summed E-state index contributed by atoms with van der Waals surface area (Å²) in [6, 6.07) is 7.74. The summed E-state index contributed by atoms with van der Waals surface area (Å²) in [6.07, 6.45) is 2.40. The largest absolute Gasteiger partial charge is 0.372 e. The highest BCUT2D eigenvalue weighted by molar-refractivity contribution is 5.85. The van der Waals surface area contributed by atoms with Gasteiger partial charge in [-0.05, 0) is 38.1 Å². The first-order chi connectivity index (χ1) is 8.74. The summed E-state index contributed by atoms with van der Waals surface area (Å²) in [4.78, 5) is 23.2. The second kappa shape index (κ2) is 7.27. The first-order valence-electron chi connectivity index (χ1n) is 5.97. The summed E-state index contributed by atoms with van der Waals surface area (Å²) in [5.74, 6) is 0. The van der Waals surface area contributed by atoms with Crippen LogP contribution in [0.15, 0.2) is 36.0 Å². The van der Waals surface area contributed by atoms with Crippen molar-refractivity contribution in [1.82, 2.24) is 0 Å². The number of hydrogen-bond donors (Lipinski definition) is 1. The molecule has 0 bridgehead atoms. The maximum absolute atomic E-state index is 10.7. The molecule has 0 aliphatic carbocycles. The minimum atomic E-state index is 0.251. The van der Waals surface area contributed by atoms with Crippen LogP contribution in [0.4, 0.5) is 11.4 Å². The lowest BCUT2D eigenvalue weighted by molar-refractivity contribution is -0.106. The van der Waals surface area contributed by atoms with Crippen molar-refractivity contribution in [2.24, 2.45) is 0 Å². The molecule has 0 atom stereocenters. The maximum Gasteiger partial charge on any atom is 0.166 e. The van der Waals surface area contributed by atoms with E-state index >= 15 is 0 Å². The van der Waals surface area contributed by atoms with E-state index in [4.69, 9.17) is 0 Å². The molecule has 0 heterocycles. The molecular weight excluding hydrogens is 228 g/mol. The third-order valence-electron chi connectivity index (χ3n) is 2.66. The van der Waals surface area contributed by atoms with Gasteiger partial charge < -0.3 is 10.2 Å². The van der Waals surface area contributed by atoms with Crippen molar-refractivity contribution in [3.63, 3.8) is 0 Å². The van der Waals surface area contributed by atoms with Gasteiger partial charge >= 0.3 is 0 Å². The van der Waals surface area contributed by atoms with Gasteiger partial charge in [-0.25, -0.2) is 0 Å². The molecule has 96 valence electrons. The normalized spacial score (nSPS) is 10.9. The number of nitrogens with one attached hydrogen (secondary N) is 1. The molecule has 0 saturated carbocycles. The van der Waals surface area contributed by atoms with E-state index in [-0.39, 0.29) is 5.70 Å². The molecule has 0 unspecified atom stereocenters. The molecule has 1 aromatic carbocycles. The number of aldehydes is 2. The van der Waals surface area contributed by atoms with Crippen molar-refractivity contribution in [1.29, 1.82) is 0 Å². The zero-order valence-electron chi connectivity index (χ0n) is 10.7. The van der Waals surface area contributed by atoms with Crippen LogP contribution in [0.2, 0.25) is 0 Å². The molecule has 0 saturated heterocycles. The molecule has 1 N–H and O–H groups in total. The molecule has 0 amide bonds. The van der Waals surface area contributed by atoms with E-state index in [2.05, 4.69) is 24.1 Å². The Morgan fingerprint density at radius 3 is 2.22 bits per heavy atom. The number of hydrogen-bond acceptors (Lipinski definition) is 4. The number of allylic oxidation sites excluding steroid dienone is 2. The van der Waals surface area contributed by atoms with Gasteiger partial charge in [-0.1, -0.05) is 0 Å². The zero-order valence-corrected chi connectivity index (χ0v) is 10.7. The van der Waals surface area contributed by atoms with E-state index in [1.165, 1.54) is 6.08 Å². The first-order valence-corrected chi connectivity index (χ1v) is 5.97. The predicted molar refractivity (Wildman–Crippen MR) is 73.8 cm³/mol. The van der Waals surface area contributed by atoms with Gasteiger partial charge in [0, 0.05) is 30.5 Å². The Hall–Kier alpha value is -2.10. The Morgan fingerprint density at radius 1 is 1.17 bits per heavy atom. The van der Waals surface area contributed by atoms with Crippen LogP contribution in [0.5, 0.6) is 0 Å². The summed E-state index contributed by atoms with van der Waals surface area (Å²) in [5.41, 5.74) is 2.17. The minimum absolute atomic E-state index is 0.251. The second-order valence-electron chi connectivity index (χ2n) is 3.72. The van der Waals surface area contributed by atoms with Gasteiger partial charge in [0.05, 0.1) is 5.70 Å². The molecule has 18 heavy (non-hydrogen) atoms. The zero-order chi connectivity index (χ0) is 13.4. The van der Waals surface area contributed by atoms with Crippen LogP contribution in [0.1, 0.15) is 13.8 Å². The highest BCUT2D eigenvalue weighted by atomic mass is 16.1. The number of nitrogens with zero attached hydrogens (tertiary/aromatic N) is 1. The maximum atomic E-state index is 10.7. The van der Waals surface area contributed by atoms with Crippen molar-refractivity contribution in [2.45, 2.75) is 13.8 Å². The molecule has 0 radical (unpaired) electrons. The Morgan fingerprint density at radius 2 is 1.78 bits per heavy atom. The Labute approximate surface area is 107 Å². The van der Waals surface area contributed by atoms with Crippen LogP contribution >= 0.6 is 0 Å². The monoisotopic (exact) mass is 246 g/mol. The molecule has 4 heteroatoms. The third-order valence-corrected chi connectivity index (χ3v) is 2.66. The van der Waals surface area contributed by atoms with Crippen molar-refractivity contribution < 1.29 is 9.59 Å². The molecule has 1 aromatic rings. The minimum Gasteiger partial charge on any atom is -0.372 e. The summed E-state index contributed by atoms with van der Waals surface area (Å²) < 4.78 is 0. The fraction of sp³-hybridized carbons (Fsp3) is 0.286. The molecule has 4 nitrogen and oxygen atoms in total. The van der Waals surface area contributed by atoms with Crippen molar-refractivity contribution in [2.75, 3.05) is 23.3 Å². The van der Waals surface area contributed by atoms with Crippen LogP contribution in [0, 0.1) is 0 Å². The predicted octanol–water partition coefficient (Wildman–Crippen LogP) is 2.23. The van der Waals surface area contributed by atoms with E-state index in [9.17, 15) is 9.59 Å². The summed E-state index contributed by atoms with van der Waals surface area (Å²) >= 11 is 0. The Kier molecular flexibility index (Phi) is 5.64. The topological polar surface area (TPSA) is 49.4 Å². The molecule has 1 rings (SSSR count). The average molecular weight is 246 g/mol. The first kappa shape index (κ1) is 14.0. The number of carbonyl (C=O) groups excluding carboxylic acids is 2. The fourth-order valence-electron chi connectivity index (χ4n) is 1.69. The van der Waals surface area contributed by atoms with Crippen molar-refractivity contribution in [3.8, 4) is 0 Å². The lowest BCUT2D eigenvalue weighted by atomic mass is 10.2. The van der Waals surface area contributed by atoms with Crippen molar-refractivity contribution in [3.05, 3.63) is 36.0 Å². The van der Waals surface area contributed by atoms with E-state index in [0.29, 0.717) is 12.6 Å². The summed E-state index contributed by atoms with van der Waals surface area (Å²) in [6.45, 7) is 6.11. The second-order valence-corrected chi connectivity index (χ2v) is 3.72. The summed E-state index contributed by atoms with van der Waals surface area (Å²) in [5, 5.41) is 2.88. The quantitative estimate of drug-likeness (QED) is 0.592. The smallest absolute Gasteiger partial charge is 0.166 e. The molecule has 0 aliphatic heterocycles. The van der Waals surface area contributed by atoms with E-state index in [1.54, 1.807) is 0 Å². The molecular formula is C14H18N2O2. The van der Waals surface area contributed by atoms with E-state index in [0.717, 1.165) is 24.5 Å². The standard InChI is InChI=1S/C14H18N2O2/c1-3-16(4-2)14-7-5-12(6-8-14)15-13(11-18)9-10-17/h5-11,15H,3-4H2,1-2H3. The Balaban J connectivity index is 2.79. The van der Waals surface area contributed by atoms with Gasteiger partial charge in [0.1, 0.15) is 6.29 Å². The van der Waals surface area contributed by atoms with Crippen LogP contribution in [-0.4, -0.2) is 25.7 Å². The Bertz CT molecular complexity index is 420. The average Bonchev–Trinajstić information content (AvgIpc) is 2.41. The highest BCUT2D eigenvalue weighted by Gasteiger charge is 2.02. The van der Waals surface area contributed by atoms with Crippen LogP contribution in [0.3, 0.4) is 0 Å². The fourth-order valence-corrected chi connectivity index (χ4v) is 1.69. The van der Waals surface area contributed by atoms with Gasteiger partial charge in [-0.15, -0.1) is 0 Å². The van der Waals surface area contributed by atoms with E-state index < -0.39 is 0 Å². The van der Waals surface area contributed by atoms with Gasteiger partial charge in [0.25, 0.3) is 0 Å². The lowest BCUT2D eigenvalue weighted by Crippen LogP contribution is -2.21. The number of carbonyl (C=O) groups is 2.